The zero-order chi connectivity index (χ0) is 13.3. The number of carbonyl (C=O) groups is 1. The van der Waals surface area contributed by atoms with Crippen LogP contribution in [-0.4, -0.2) is 30.8 Å². The number of rotatable bonds is 2. The summed E-state index contributed by atoms with van der Waals surface area (Å²) in [5.41, 5.74) is -2.43. The third-order valence-electron chi connectivity index (χ3n) is 1.97. The van der Waals surface area contributed by atoms with Crippen LogP contribution in [-0.2, 0) is 6.18 Å². The zero-order valence-electron chi connectivity index (χ0n) is 8.59. The van der Waals surface area contributed by atoms with Crippen molar-refractivity contribution in [2.75, 3.05) is 0 Å². The first kappa shape index (κ1) is 12.0. The van der Waals surface area contributed by atoms with Crippen LogP contribution in [0.3, 0.4) is 0 Å². The van der Waals surface area contributed by atoms with E-state index in [0.29, 0.717) is 4.68 Å². The summed E-state index contributed by atoms with van der Waals surface area (Å²) < 4.78 is 38.3. The molecule has 9 heteroatoms. The number of hydrogen-bond donors (Lipinski definition) is 1. The Morgan fingerprint density at radius 2 is 1.89 bits per heavy atom. The molecule has 0 aliphatic rings. The summed E-state index contributed by atoms with van der Waals surface area (Å²) in [6, 6.07) is 1.47. The van der Waals surface area contributed by atoms with E-state index in [9.17, 15) is 18.0 Å². The molecule has 2 heterocycles. The van der Waals surface area contributed by atoms with Crippen LogP contribution in [0.5, 0.6) is 0 Å². The monoisotopic (exact) mass is 258 g/mol. The lowest BCUT2D eigenvalue weighted by atomic mass is 10.2. The van der Waals surface area contributed by atoms with Gasteiger partial charge in [0.15, 0.2) is 5.69 Å². The number of aromatic carboxylic acids is 1. The van der Waals surface area contributed by atoms with Gasteiger partial charge >= 0.3 is 12.1 Å². The third kappa shape index (κ3) is 2.14. The minimum Gasteiger partial charge on any atom is -0.478 e. The number of carboxylic acid groups (broad SMARTS) is 1. The maximum atomic E-state index is 12.6. The maximum absolute atomic E-state index is 12.6. The lowest BCUT2D eigenvalue weighted by Crippen LogP contribution is -2.12. The first-order valence-electron chi connectivity index (χ1n) is 4.57. The number of nitrogens with zero attached hydrogens (tertiary/aromatic N) is 4. The lowest BCUT2D eigenvalue weighted by molar-refractivity contribution is -0.141. The van der Waals surface area contributed by atoms with Crippen molar-refractivity contribution in [2.45, 2.75) is 6.18 Å². The van der Waals surface area contributed by atoms with E-state index >= 15 is 0 Å². The fraction of sp³-hybridized carbons (Fsp3) is 0.111. The molecular weight excluding hydrogens is 253 g/mol. The van der Waals surface area contributed by atoms with Crippen LogP contribution in [0.1, 0.15) is 16.1 Å². The third-order valence-corrected chi connectivity index (χ3v) is 1.97. The van der Waals surface area contributed by atoms with Gasteiger partial charge in [0.05, 0.1) is 0 Å². The van der Waals surface area contributed by atoms with Gasteiger partial charge in [0, 0.05) is 18.6 Å². The fourth-order valence-corrected chi connectivity index (χ4v) is 1.25. The molecule has 1 N–H and O–H groups in total. The summed E-state index contributed by atoms with van der Waals surface area (Å²) in [7, 11) is 0. The Balaban J connectivity index is 2.57. The first-order valence-corrected chi connectivity index (χ1v) is 4.57. The summed E-state index contributed by atoms with van der Waals surface area (Å²) in [6.07, 6.45) is -1.52. The minimum atomic E-state index is -4.85. The number of carboxylic acids is 1. The molecule has 6 nitrogen and oxygen atoms in total. The van der Waals surface area contributed by atoms with Crippen LogP contribution in [0, 0.1) is 0 Å². The highest BCUT2D eigenvalue weighted by molar-refractivity contribution is 5.88. The Morgan fingerprint density at radius 3 is 2.33 bits per heavy atom. The van der Waals surface area contributed by atoms with E-state index in [2.05, 4.69) is 15.1 Å². The number of halogens is 3. The van der Waals surface area contributed by atoms with Crippen molar-refractivity contribution in [1.82, 2.24) is 19.7 Å². The summed E-state index contributed by atoms with van der Waals surface area (Å²) in [4.78, 5) is 18.1. The van der Waals surface area contributed by atoms with Crippen LogP contribution in [0.4, 0.5) is 13.2 Å². The second kappa shape index (κ2) is 4.09. The van der Waals surface area contributed by atoms with Gasteiger partial charge in [-0.3, -0.25) is 0 Å². The minimum absolute atomic E-state index is 0.143. The van der Waals surface area contributed by atoms with Gasteiger partial charge < -0.3 is 5.11 Å². The lowest BCUT2D eigenvalue weighted by Gasteiger charge is -2.02. The van der Waals surface area contributed by atoms with Crippen LogP contribution in [0.15, 0.2) is 24.7 Å². The van der Waals surface area contributed by atoms with E-state index in [-0.39, 0.29) is 5.95 Å². The van der Waals surface area contributed by atoms with E-state index in [1.807, 2.05) is 0 Å². The standard InChI is InChI=1S/C9H5F3N4O2/c10-9(11,12)6-5(7(17)18)4-16(15-6)8-13-2-1-3-14-8/h1-4H,(H,17,18). The fourth-order valence-electron chi connectivity index (χ4n) is 1.25. The second-order valence-electron chi connectivity index (χ2n) is 3.19. The zero-order valence-corrected chi connectivity index (χ0v) is 8.59. The largest absolute Gasteiger partial charge is 0.478 e. The second-order valence-corrected chi connectivity index (χ2v) is 3.19. The molecule has 0 atom stereocenters. The molecular formula is C9H5F3N4O2. The van der Waals surface area contributed by atoms with Gasteiger partial charge in [-0.15, -0.1) is 0 Å². The number of hydrogen-bond acceptors (Lipinski definition) is 4. The van der Waals surface area contributed by atoms with Crippen molar-refractivity contribution < 1.29 is 23.1 Å². The quantitative estimate of drug-likeness (QED) is 0.880. The Morgan fingerprint density at radius 1 is 1.28 bits per heavy atom. The molecule has 18 heavy (non-hydrogen) atoms. The molecule has 0 saturated heterocycles. The van der Waals surface area contributed by atoms with Gasteiger partial charge in [-0.2, -0.15) is 18.3 Å². The summed E-state index contributed by atoms with van der Waals surface area (Å²) in [5.74, 6) is -1.86. The molecule has 0 spiro atoms. The molecule has 0 bridgehead atoms. The Bertz CT molecular complexity index is 579. The van der Waals surface area contributed by atoms with Gasteiger partial charge in [-0.25, -0.2) is 19.4 Å². The van der Waals surface area contributed by atoms with Gasteiger partial charge in [-0.1, -0.05) is 0 Å². The van der Waals surface area contributed by atoms with Gasteiger partial charge in [0.25, 0.3) is 0 Å². The van der Waals surface area contributed by atoms with Crippen molar-refractivity contribution in [3.8, 4) is 5.95 Å². The van der Waals surface area contributed by atoms with Gasteiger partial charge in [-0.05, 0) is 6.07 Å². The molecule has 2 rings (SSSR count). The topological polar surface area (TPSA) is 80.9 Å². The molecule has 0 aliphatic carbocycles. The van der Waals surface area contributed by atoms with E-state index < -0.39 is 23.4 Å². The van der Waals surface area contributed by atoms with Crippen LogP contribution in [0.2, 0.25) is 0 Å². The Labute approximate surface area is 97.7 Å². The van der Waals surface area contributed by atoms with Crippen LogP contribution in [0.25, 0.3) is 5.95 Å². The molecule has 2 aromatic heterocycles. The van der Waals surface area contributed by atoms with Gasteiger partial charge in [0.2, 0.25) is 5.95 Å². The molecule has 0 aromatic carbocycles. The van der Waals surface area contributed by atoms with Gasteiger partial charge in [0.1, 0.15) is 5.56 Å². The predicted octanol–water partition coefficient (Wildman–Crippen LogP) is 1.38. The highest BCUT2D eigenvalue weighted by atomic mass is 19.4. The summed E-state index contributed by atoms with van der Waals surface area (Å²) >= 11 is 0. The van der Waals surface area contributed by atoms with Crippen molar-refractivity contribution in [1.29, 1.82) is 0 Å². The number of aromatic nitrogens is 4. The molecule has 2 aromatic rings. The Hall–Kier alpha value is -2.45. The highest BCUT2D eigenvalue weighted by Crippen LogP contribution is 2.30. The van der Waals surface area contributed by atoms with E-state index in [4.69, 9.17) is 5.11 Å². The molecule has 0 saturated carbocycles. The molecule has 0 amide bonds. The SMILES string of the molecule is O=C(O)c1cn(-c2ncccn2)nc1C(F)(F)F. The normalized spacial score (nSPS) is 11.5. The maximum Gasteiger partial charge on any atom is 0.436 e. The van der Waals surface area contributed by atoms with E-state index in [1.165, 1.54) is 18.5 Å². The van der Waals surface area contributed by atoms with Crippen molar-refractivity contribution in [2.24, 2.45) is 0 Å². The average molecular weight is 258 g/mol. The van der Waals surface area contributed by atoms with E-state index in [0.717, 1.165) is 6.20 Å². The van der Waals surface area contributed by atoms with Crippen molar-refractivity contribution in [3.63, 3.8) is 0 Å². The average Bonchev–Trinajstić information content (AvgIpc) is 2.74. The molecule has 0 aliphatic heterocycles. The smallest absolute Gasteiger partial charge is 0.436 e. The number of alkyl halides is 3. The molecule has 0 unspecified atom stereocenters. The summed E-state index contributed by atoms with van der Waals surface area (Å²) in [5, 5.41) is 11.9. The van der Waals surface area contributed by atoms with Crippen LogP contribution < -0.4 is 0 Å². The van der Waals surface area contributed by atoms with Crippen molar-refractivity contribution >= 4 is 5.97 Å². The van der Waals surface area contributed by atoms with Crippen molar-refractivity contribution in [3.05, 3.63) is 35.9 Å². The summed E-state index contributed by atoms with van der Waals surface area (Å²) in [6.45, 7) is 0. The highest BCUT2D eigenvalue weighted by Gasteiger charge is 2.39. The molecule has 0 fully saturated rings. The molecule has 0 radical (unpaired) electrons. The first-order chi connectivity index (χ1) is 8.39. The Kier molecular flexibility index (Phi) is 2.73. The van der Waals surface area contributed by atoms with E-state index in [1.54, 1.807) is 0 Å². The van der Waals surface area contributed by atoms with Crippen LogP contribution >= 0.6 is 0 Å². The molecule has 94 valence electrons. The predicted molar refractivity (Wildman–Crippen MR) is 51.1 cm³/mol.